The molecule has 1 aliphatic carbocycles. The van der Waals surface area contributed by atoms with E-state index in [1.54, 1.807) is 0 Å². The Labute approximate surface area is 95.1 Å². The number of carbonyl (C=O) groups excluding carboxylic acids is 1. The van der Waals surface area contributed by atoms with Crippen LogP contribution in [0.15, 0.2) is 16.4 Å². The van der Waals surface area contributed by atoms with E-state index in [0.29, 0.717) is 12.1 Å². The molecule has 0 aromatic heterocycles. The first-order chi connectivity index (χ1) is 7.81. The lowest BCUT2D eigenvalue weighted by Crippen LogP contribution is -2.39. The standard InChI is InChI=1S/C11H18N4O/c12-13-11(16)10-7-8-5-3-1-2-4-6-9(8)14-15-10/h14H,1-7,12H2,(H,13,16). The lowest BCUT2D eigenvalue weighted by molar-refractivity contribution is -0.115. The van der Waals surface area contributed by atoms with Crippen LogP contribution >= 0.6 is 0 Å². The summed E-state index contributed by atoms with van der Waals surface area (Å²) in [5.74, 6) is 4.81. The van der Waals surface area contributed by atoms with E-state index in [0.717, 1.165) is 12.8 Å². The van der Waals surface area contributed by atoms with Crippen molar-refractivity contribution in [1.29, 1.82) is 0 Å². The number of hydrogen-bond acceptors (Lipinski definition) is 4. The summed E-state index contributed by atoms with van der Waals surface area (Å²) in [7, 11) is 0. The van der Waals surface area contributed by atoms with Crippen LogP contribution in [0.3, 0.4) is 0 Å². The molecule has 0 aromatic carbocycles. The largest absolute Gasteiger partial charge is 0.289 e. The molecule has 5 heteroatoms. The number of nitrogens with two attached hydrogens (primary N) is 1. The zero-order valence-corrected chi connectivity index (χ0v) is 9.38. The van der Waals surface area contributed by atoms with Gasteiger partial charge in [0.05, 0.1) is 0 Å². The third-order valence-electron chi connectivity index (χ3n) is 3.18. The fraction of sp³-hybridized carbons (Fsp3) is 0.636. The van der Waals surface area contributed by atoms with Crippen LogP contribution < -0.4 is 16.7 Å². The zero-order valence-electron chi connectivity index (χ0n) is 9.38. The number of hydrazone groups is 1. The second-order valence-corrected chi connectivity index (χ2v) is 4.32. The highest BCUT2D eigenvalue weighted by atomic mass is 16.2. The molecule has 0 saturated heterocycles. The minimum Gasteiger partial charge on any atom is -0.289 e. The molecular weight excluding hydrogens is 204 g/mol. The fourth-order valence-corrected chi connectivity index (χ4v) is 2.24. The second kappa shape index (κ2) is 5.12. The quantitative estimate of drug-likeness (QED) is 0.351. The van der Waals surface area contributed by atoms with Crippen LogP contribution in [0.25, 0.3) is 0 Å². The fourth-order valence-electron chi connectivity index (χ4n) is 2.24. The van der Waals surface area contributed by atoms with Gasteiger partial charge in [0.15, 0.2) is 0 Å². The minimum atomic E-state index is -0.291. The Morgan fingerprint density at radius 1 is 1.25 bits per heavy atom. The molecule has 0 unspecified atom stereocenters. The van der Waals surface area contributed by atoms with E-state index in [1.807, 2.05) is 0 Å². The van der Waals surface area contributed by atoms with E-state index in [1.165, 1.54) is 37.0 Å². The van der Waals surface area contributed by atoms with Crippen LogP contribution in [0.2, 0.25) is 0 Å². The molecule has 0 saturated carbocycles. The first-order valence-corrected chi connectivity index (χ1v) is 5.85. The van der Waals surface area contributed by atoms with E-state index in [9.17, 15) is 4.79 Å². The van der Waals surface area contributed by atoms with E-state index in [4.69, 9.17) is 5.84 Å². The molecule has 2 rings (SSSR count). The van der Waals surface area contributed by atoms with Gasteiger partial charge < -0.3 is 0 Å². The van der Waals surface area contributed by atoms with Crippen LogP contribution in [0, 0.1) is 0 Å². The Hall–Kier alpha value is -1.36. The number of amides is 1. The highest BCUT2D eigenvalue weighted by molar-refractivity contribution is 6.39. The SMILES string of the molecule is NNC(=O)C1=NNC2=C(CCCCCC2)C1. The predicted octanol–water partition coefficient (Wildman–Crippen LogP) is 0.934. The molecular formula is C11H18N4O. The zero-order chi connectivity index (χ0) is 11.4. The monoisotopic (exact) mass is 222 g/mol. The van der Waals surface area contributed by atoms with Crippen LogP contribution in [0.1, 0.15) is 44.9 Å². The van der Waals surface area contributed by atoms with Crippen molar-refractivity contribution < 1.29 is 4.79 Å². The lowest BCUT2D eigenvalue weighted by atomic mass is 9.93. The third kappa shape index (κ3) is 2.41. The Balaban J connectivity index is 2.07. The number of hydrazine groups is 1. The molecule has 1 aliphatic heterocycles. The molecule has 0 fully saturated rings. The van der Waals surface area contributed by atoms with Crippen molar-refractivity contribution in [2.75, 3.05) is 0 Å². The average molecular weight is 222 g/mol. The summed E-state index contributed by atoms with van der Waals surface area (Å²) in [6, 6.07) is 0. The molecule has 0 spiro atoms. The molecule has 0 aromatic rings. The van der Waals surface area contributed by atoms with Crippen LogP contribution in [0.5, 0.6) is 0 Å². The van der Waals surface area contributed by atoms with Gasteiger partial charge >= 0.3 is 0 Å². The number of nitrogens with zero attached hydrogens (tertiary/aromatic N) is 1. The molecule has 0 bridgehead atoms. The Bertz CT molecular complexity index is 346. The van der Waals surface area contributed by atoms with Gasteiger partial charge in [-0.1, -0.05) is 12.8 Å². The molecule has 4 N–H and O–H groups in total. The molecule has 88 valence electrons. The maximum atomic E-state index is 11.4. The summed E-state index contributed by atoms with van der Waals surface area (Å²) in [6.45, 7) is 0. The highest BCUT2D eigenvalue weighted by Crippen LogP contribution is 2.26. The van der Waals surface area contributed by atoms with Gasteiger partial charge in [0.25, 0.3) is 5.91 Å². The van der Waals surface area contributed by atoms with Crippen LogP contribution in [-0.2, 0) is 4.79 Å². The molecule has 5 nitrogen and oxygen atoms in total. The van der Waals surface area contributed by atoms with Gasteiger partial charge in [-0.2, -0.15) is 5.10 Å². The lowest BCUT2D eigenvalue weighted by Gasteiger charge is -2.22. The van der Waals surface area contributed by atoms with Gasteiger partial charge in [0.1, 0.15) is 5.71 Å². The summed E-state index contributed by atoms with van der Waals surface area (Å²) in [5, 5.41) is 4.07. The number of allylic oxidation sites excluding steroid dienone is 2. The number of nitrogens with one attached hydrogen (secondary N) is 2. The summed E-state index contributed by atoms with van der Waals surface area (Å²) in [4.78, 5) is 11.4. The van der Waals surface area contributed by atoms with Gasteiger partial charge in [-0.3, -0.25) is 15.6 Å². The molecule has 0 radical (unpaired) electrons. The Morgan fingerprint density at radius 2 is 2.00 bits per heavy atom. The van der Waals surface area contributed by atoms with Gasteiger partial charge in [-0.25, -0.2) is 5.84 Å². The molecule has 0 atom stereocenters. The van der Waals surface area contributed by atoms with Crippen molar-refractivity contribution in [2.24, 2.45) is 10.9 Å². The molecule has 1 heterocycles. The first kappa shape index (κ1) is 11.1. The smallest absolute Gasteiger partial charge is 0.281 e. The van der Waals surface area contributed by atoms with Crippen molar-refractivity contribution in [1.82, 2.24) is 10.9 Å². The van der Waals surface area contributed by atoms with E-state index < -0.39 is 0 Å². The number of carbonyl (C=O) groups is 1. The van der Waals surface area contributed by atoms with E-state index in [-0.39, 0.29) is 5.91 Å². The topological polar surface area (TPSA) is 79.5 Å². The normalized spacial score (nSPS) is 21.2. The van der Waals surface area contributed by atoms with Gasteiger partial charge in [0.2, 0.25) is 0 Å². The van der Waals surface area contributed by atoms with E-state index >= 15 is 0 Å². The number of rotatable bonds is 1. The van der Waals surface area contributed by atoms with Gasteiger partial charge in [-0.15, -0.1) is 0 Å². The third-order valence-corrected chi connectivity index (χ3v) is 3.18. The molecule has 2 aliphatic rings. The van der Waals surface area contributed by atoms with E-state index in [2.05, 4.69) is 16.0 Å². The summed E-state index contributed by atoms with van der Waals surface area (Å²) < 4.78 is 0. The summed E-state index contributed by atoms with van der Waals surface area (Å²) in [6.07, 6.45) is 7.75. The maximum Gasteiger partial charge on any atom is 0.281 e. The van der Waals surface area contributed by atoms with Crippen LogP contribution in [0.4, 0.5) is 0 Å². The summed E-state index contributed by atoms with van der Waals surface area (Å²) >= 11 is 0. The average Bonchev–Trinajstić information content (AvgIpc) is 2.28. The molecule has 16 heavy (non-hydrogen) atoms. The van der Waals surface area contributed by atoms with Crippen molar-refractivity contribution in [3.8, 4) is 0 Å². The van der Waals surface area contributed by atoms with Crippen LogP contribution in [-0.4, -0.2) is 11.6 Å². The van der Waals surface area contributed by atoms with Gasteiger partial charge in [-0.05, 0) is 31.3 Å². The maximum absolute atomic E-state index is 11.4. The highest BCUT2D eigenvalue weighted by Gasteiger charge is 2.20. The Morgan fingerprint density at radius 3 is 2.75 bits per heavy atom. The van der Waals surface area contributed by atoms with Crippen molar-refractivity contribution in [3.63, 3.8) is 0 Å². The molecule has 1 amide bonds. The predicted molar refractivity (Wildman–Crippen MR) is 62.2 cm³/mol. The van der Waals surface area contributed by atoms with Crippen molar-refractivity contribution in [2.45, 2.75) is 44.9 Å². The Kier molecular flexibility index (Phi) is 3.56. The number of hydrogen-bond donors (Lipinski definition) is 3. The van der Waals surface area contributed by atoms with Gasteiger partial charge in [0, 0.05) is 12.1 Å². The van der Waals surface area contributed by atoms with Crippen molar-refractivity contribution >= 4 is 11.6 Å². The van der Waals surface area contributed by atoms with Crippen molar-refractivity contribution in [3.05, 3.63) is 11.3 Å². The first-order valence-electron chi connectivity index (χ1n) is 5.85. The minimum absolute atomic E-state index is 0.291. The summed E-state index contributed by atoms with van der Waals surface area (Å²) in [5.41, 5.74) is 8.16. The second-order valence-electron chi connectivity index (χ2n) is 4.32.